The van der Waals surface area contributed by atoms with E-state index < -0.39 is 17.8 Å². The van der Waals surface area contributed by atoms with E-state index in [-0.39, 0.29) is 18.0 Å². The molecule has 132 valence electrons. The van der Waals surface area contributed by atoms with Crippen LogP contribution in [0.4, 0.5) is 4.39 Å². The highest BCUT2D eigenvalue weighted by Gasteiger charge is 2.19. The number of carbonyl (C=O) groups is 2. The molecule has 3 rings (SSSR count). The number of benzene rings is 2. The van der Waals surface area contributed by atoms with Gasteiger partial charge in [-0.05, 0) is 35.9 Å². The minimum Gasteiger partial charge on any atom is -0.467 e. The summed E-state index contributed by atoms with van der Waals surface area (Å²) >= 11 is 0. The van der Waals surface area contributed by atoms with Crippen molar-refractivity contribution in [2.75, 3.05) is 6.54 Å². The lowest BCUT2D eigenvalue weighted by Crippen LogP contribution is -2.39. The predicted octanol–water partition coefficient (Wildman–Crippen LogP) is 3.05. The molecule has 0 spiro atoms. The second-order valence-corrected chi connectivity index (χ2v) is 5.62. The first-order chi connectivity index (χ1) is 12.6. The van der Waals surface area contributed by atoms with E-state index in [4.69, 9.17) is 4.42 Å². The van der Waals surface area contributed by atoms with E-state index in [1.807, 2.05) is 30.3 Å². The molecular weight excluding hydrogens is 335 g/mol. The summed E-state index contributed by atoms with van der Waals surface area (Å²) in [6.07, 6.45) is 1.53. The quantitative estimate of drug-likeness (QED) is 0.716. The van der Waals surface area contributed by atoms with Gasteiger partial charge in [-0.1, -0.05) is 36.4 Å². The van der Waals surface area contributed by atoms with Crippen molar-refractivity contribution in [3.05, 3.63) is 95.7 Å². The number of nitrogens with one attached hydrogen (secondary N) is 2. The van der Waals surface area contributed by atoms with E-state index in [9.17, 15) is 14.0 Å². The molecule has 1 atom stereocenters. The van der Waals surface area contributed by atoms with Gasteiger partial charge >= 0.3 is 0 Å². The van der Waals surface area contributed by atoms with Gasteiger partial charge in [-0.15, -0.1) is 0 Å². The molecule has 2 N–H and O–H groups in total. The zero-order valence-corrected chi connectivity index (χ0v) is 13.8. The highest BCUT2D eigenvalue weighted by Crippen LogP contribution is 2.22. The number of amides is 2. The van der Waals surface area contributed by atoms with Gasteiger partial charge in [0.1, 0.15) is 17.6 Å². The Morgan fingerprint density at radius 1 is 1.00 bits per heavy atom. The van der Waals surface area contributed by atoms with Gasteiger partial charge in [-0.2, -0.15) is 0 Å². The third-order valence-electron chi connectivity index (χ3n) is 3.76. The Morgan fingerprint density at radius 2 is 1.81 bits per heavy atom. The second-order valence-electron chi connectivity index (χ2n) is 5.62. The molecule has 0 aliphatic heterocycles. The van der Waals surface area contributed by atoms with Gasteiger partial charge in [0.2, 0.25) is 5.91 Å². The Hall–Kier alpha value is -3.41. The Bertz CT molecular complexity index is 879. The van der Waals surface area contributed by atoms with Gasteiger partial charge in [-0.25, -0.2) is 4.39 Å². The number of rotatable bonds is 6. The Balaban J connectivity index is 1.64. The van der Waals surface area contributed by atoms with Crippen molar-refractivity contribution in [2.45, 2.75) is 6.04 Å². The van der Waals surface area contributed by atoms with Crippen molar-refractivity contribution in [3.63, 3.8) is 0 Å². The molecule has 2 amide bonds. The number of hydrogen-bond acceptors (Lipinski definition) is 3. The summed E-state index contributed by atoms with van der Waals surface area (Å²) in [5.41, 5.74) is 1.01. The fourth-order valence-electron chi connectivity index (χ4n) is 2.52. The third-order valence-corrected chi connectivity index (χ3v) is 3.76. The van der Waals surface area contributed by atoms with Crippen LogP contribution in [-0.4, -0.2) is 18.4 Å². The lowest BCUT2D eigenvalue weighted by atomic mass is 10.0. The molecule has 1 heterocycles. The van der Waals surface area contributed by atoms with Crippen molar-refractivity contribution >= 4 is 11.8 Å². The van der Waals surface area contributed by atoms with Gasteiger partial charge in [0.15, 0.2) is 0 Å². The van der Waals surface area contributed by atoms with E-state index >= 15 is 0 Å². The van der Waals surface area contributed by atoms with Crippen LogP contribution in [0.1, 0.15) is 27.7 Å². The van der Waals surface area contributed by atoms with E-state index in [0.29, 0.717) is 5.76 Å². The fourth-order valence-corrected chi connectivity index (χ4v) is 2.52. The molecule has 6 heteroatoms. The van der Waals surface area contributed by atoms with Gasteiger partial charge in [-0.3, -0.25) is 9.59 Å². The van der Waals surface area contributed by atoms with Crippen molar-refractivity contribution in [3.8, 4) is 0 Å². The molecule has 0 aliphatic carbocycles. The van der Waals surface area contributed by atoms with Crippen molar-refractivity contribution < 1.29 is 18.4 Å². The van der Waals surface area contributed by atoms with Gasteiger partial charge in [0, 0.05) is 5.56 Å². The molecule has 1 aromatic heterocycles. The van der Waals surface area contributed by atoms with Crippen LogP contribution in [0, 0.1) is 5.82 Å². The molecule has 3 aromatic rings. The smallest absolute Gasteiger partial charge is 0.251 e. The molecule has 2 aromatic carbocycles. The van der Waals surface area contributed by atoms with Crippen LogP contribution < -0.4 is 10.6 Å². The van der Waals surface area contributed by atoms with Gasteiger partial charge in [0.05, 0.1) is 12.8 Å². The number of carbonyl (C=O) groups excluding carboxylic acids is 2. The van der Waals surface area contributed by atoms with Crippen molar-refractivity contribution in [2.24, 2.45) is 0 Å². The highest BCUT2D eigenvalue weighted by molar-refractivity contribution is 5.96. The van der Waals surface area contributed by atoms with E-state index in [0.717, 1.165) is 11.6 Å². The van der Waals surface area contributed by atoms with Crippen molar-refractivity contribution in [1.29, 1.82) is 0 Å². The summed E-state index contributed by atoms with van der Waals surface area (Å²) in [6.45, 7) is -0.237. The molecule has 1 unspecified atom stereocenters. The third kappa shape index (κ3) is 4.36. The summed E-state index contributed by atoms with van der Waals surface area (Å²) in [7, 11) is 0. The number of furan rings is 1. The zero-order chi connectivity index (χ0) is 18.4. The molecule has 5 nitrogen and oxygen atoms in total. The summed E-state index contributed by atoms with van der Waals surface area (Å²) in [5, 5.41) is 5.31. The van der Waals surface area contributed by atoms with E-state index in [1.165, 1.54) is 24.5 Å². The SMILES string of the molecule is O=C(CNC(=O)c1cccc(F)c1)NC(c1ccccc1)c1ccco1. The number of halogens is 1. The molecule has 0 bridgehead atoms. The maximum absolute atomic E-state index is 13.2. The topological polar surface area (TPSA) is 71.3 Å². The lowest BCUT2D eigenvalue weighted by Gasteiger charge is -2.17. The average Bonchev–Trinajstić information content (AvgIpc) is 3.19. The Labute approximate surface area is 149 Å². The van der Waals surface area contributed by atoms with Crippen LogP contribution in [0.5, 0.6) is 0 Å². The average molecular weight is 352 g/mol. The second kappa shape index (κ2) is 8.11. The molecule has 0 saturated carbocycles. The Kier molecular flexibility index (Phi) is 5.43. The van der Waals surface area contributed by atoms with E-state index in [2.05, 4.69) is 10.6 Å². The summed E-state index contributed by atoms with van der Waals surface area (Å²) in [5.74, 6) is -0.834. The van der Waals surface area contributed by atoms with Crippen LogP contribution in [-0.2, 0) is 4.79 Å². The van der Waals surface area contributed by atoms with Gasteiger partial charge in [0.25, 0.3) is 5.91 Å². The first-order valence-electron chi connectivity index (χ1n) is 8.05. The largest absolute Gasteiger partial charge is 0.467 e. The van der Waals surface area contributed by atoms with Crippen LogP contribution in [0.15, 0.2) is 77.4 Å². The predicted molar refractivity (Wildman–Crippen MR) is 93.9 cm³/mol. The molecule has 0 aliphatic rings. The molecule has 0 fully saturated rings. The minimum atomic E-state index is -0.520. The maximum Gasteiger partial charge on any atom is 0.251 e. The molecule has 26 heavy (non-hydrogen) atoms. The Morgan fingerprint density at radius 3 is 2.50 bits per heavy atom. The van der Waals surface area contributed by atoms with Crippen LogP contribution >= 0.6 is 0 Å². The first-order valence-corrected chi connectivity index (χ1v) is 8.05. The summed E-state index contributed by atoms with van der Waals surface area (Å²) in [6, 6.07) is 17.7. The molecular formula is C20H17FN2O3. The standard InChI is InChI=1S/C20H17FN2O3/c21-16-9-4-8-15(12-16)20(25)22-13-18(24)23-19(17-10-5-11-26-17)14-6-2-1-3-7-14/h1-12,19H,13H2,(H,22,25)(H,23,24). The monoisotopic (exact) mass is 352 g/mol. The fraction of sp³-hybridized carbons (Fsp3) is 0.100. The number of hydrogen-bond donors (Lipinski definition) is 2. The molecule has 0 radical (unpaired) electrons. The summed E-state index contributed by atoms with van der Waals surface area (Å²) < 4.78 is 18.6. The van der Waals surface area contributed by atoms with Gasteiger partial charge < -0.3 is 15.1 Å². The van der Waals surface area contributed by atoms with Crippen LogP contribution in [0.2, 0.25) is 0 Å². The minimum absolute atomic E-state index is 0.156. The van der Waals surface area contributed by atoms with Crippen LogP contribution in [0.3, 0.4) is 0 Å². The normalized spacial score (nSPS) is 11.6. The first kappa shape index (κ1) is 17.4. The van der Waals surface area contributed by atoms with Crippen molar-refractivity contribution in [1.82, 2.24) is 10.6 Å². The molecule has 0 saturated heterocycles. The lowest BCUT2D eigenvalue weighted by molar-refractivity contribution is -0.120. The van der Waals surface area contributed by atoms with Crippen LogP contribution in [0.25, 0.3) is 0 Å². The zero-order valence-electron chi connectivity index (χ0n) is 13.8. The van der Waals surface area contributed by atoms with E-state index in [1.54, 1.807) is 12.1 Å². The summed E-state index contributed by atoms with van der Waals surface area (Å²) in [4.78, 5) is 24.3. The maximum atomic E-state index is 13.2. The highest BCUT2D eigenvalue weighted by atomic mass is 19.1.